The molecule has 1 aromatic carbocycles. The van der Waals surface area contributed by atoms with Crippen molar-refractivity contribution in [1.82, 2.24) is 0 Å². The van der Waals surface area contributed by atoms with Crippen molar-refractivity contribution < 1.29 is 18.4 Å². The predicted molar refractivity (Wildman–Crippen MR) is 44.1 cm³/mol. The van der Waals surface area contributed by atoms with Gasteiger partial charge in [0.2, 0.25) is 0 Å². The van der Waals surface area contributed by atoms with Gasteiger partial charge in [-0.25, -0.2) is 8.78 Å². The van der Waals surface area contributed by atoms with E-state index in [2.05, 4.69) is 5.32 Å². The molecule has 0 atom stereocenters. The number of ketones is 1. The Morgan fingerprint density at radius 1 is 1.21 bits per heavy atom. The lowest BCUT2D eigenvalue weighted by Crippen LogP contribution is -2.13. The van der Waals surface area contributed by atoms with Crippen molar-refractivity contribution >= 4 is 17.4 Å². The van der Waals surface area contributed by atoms with Crippen LogP contribution in [0.2, 0.25) is 0 Å². The van der Waals surface area contributed by atoms with Gasteiger partial charge in [0.25, 0.3) is 11.7 Å². The zero-order valence-corrected chi connectivity index (χ0v) is 7.15. The normalized spacial score (nSPS) is 14.2. The van der Waals surface area contributed by atoms with Gasteiger partial charge in [-0.05, 0) is 12.5 Å². The maximum Gasteiger partial charge on any atom is 0.296 e. The van der Waals surface area contributed by atoms with Crippen LogP contribution >= 0.6 is 0 Å². The molecular weight excluding hydrogens is 192 g/mol. The van der Waals surface area contributed by atoms with Crippen LogP contribution in [0.3, 0.4) is 0 Å². The summed E-state index contributed by atoms with van der Waals surface area (Å²) in [6.07, 6.45) is 0. The third-order valence-electron chi connectivity index (χ3n) is 2.15. The van der Waals surface area contributed by atoms with Crippen LogP contribution < -0.4 is 5.32 Å². The molecule has 1 amide bonds. The van der Waals surface area contributed by atoms with E-state index in [1.807, 2.05) is 0 Å². The first-order valence-corrected chi connectivity index (χ1v) is 3.86. The van der Waals surface area contributed by atoms with Crippen molar-refractivity contribution in [3.8, 4) is 0 Å². The second-order valence-electron chi connectivity index (χ2n) is 3.00. The minimum atomic E-state index is -0.928. The summed E-state index contributed by atoms with van der Waals surface area (Å²) in [5.74, 6) is -3.57. The Kier molecular flexibility index (Phi) is 1.64. The first kappa shape index (κ1) is 8.80. The Morgan fingerprint density at radius 2 is 1.86 bits per heavy atom. The molecule has 0 spiro atoms. The van der Waals surface area contributed by atoms with Gasteiger partial charge in [0, 0.05) is 6.07 Å². The molecule has 1 aliphatic rings. The fraction of sp³-hybridized carbons (Fsp3) is 0.111. The fourth-order valence-corrected chi connectivity index (χ4v) is 1.41. The number of fused-ring (bicyclic) bond motifs is 1. The highest BCUT2D eigenvalue weighted by Gasteiger charge is 2.33. The number of nitrogens with one attached hydrogen (secondary N) is 1. The topological polar surface area (TPSA) is 46.2 Å². The van der Waals surface area contributed by atoms with Crippen LogP contribution in [0, 0.1) is 18.6 Å². The van der Waals surface area contributed by atoms with Gasteiger partial charge >= 0.3 is 0 Å². The molecule has 1 heterocycles. The van der Waals surface area contributed by atoms with Crippen molar-refractivity contribution in [2.45, 2.75) is 6.92 Å². The van der Waals surface area contributed by atoms with E-state index in [-0.39, 0.29) is 16.8 Å². The molecule has 1 aromatic rings. The molecule has 0 saturated heterocycles. The molecular formula is C9H5F2NO2. The van der Waals surface area contributed by atoms with Crippen LogP contribution in [-0.2, 0) is 4.79 Å². The first-order valence-electron chi connectivity index (χ1n) is 3.86. The molecule has 2 rings (SSSR count). The standard InChI is InChI=1S/C9H5F2NO2/c1-3-4(10)2-5(11)7-6(3)8(13)9(14)12-7/h2H,1H3,(H,12,13,14). The summed E-state index contributed by atoms with van der Waals surface area (Å²) in [5.41, 5.74) is -0.434. The van der Waals surface area contributed by atoms with E-state index in [9.17, 15) is 18.4 Å². The Hall–Kier alpha value is -1.78. The van der Waals surface area contributed by atoms with Crippen LogP contribution in [0.1, 0.15) is 15.9 Å². The van der Waals surface area contributed by atoms with Crippen molar-refractivity contribution in [1.29, 1.82) is 0 Å². The third kappa shape index (κ3) is 0.951. The molecule has 5 heteroatoms. The molecule has 14 heavy (non-hydrogen) atoms. The number of hydrogen-bond acceptors (Lipinski definition) is 2. The summed E-state index contributed by atoms with van der Waals surface area (Å²) >= 11 is 0. The lowest BCUT2D eigenvalue weighted by atomic mass is 10.0. The van der Waals surface area contributed by atoms with Gasteiger partial charge in [0.1, 0.15) is 11.6 Å². The maximum absolute atomic E-state index is 13.1. The van der Waals surface area contributed by atoms with Crippen molar-refractivity contribution in [3.63, 3.8) is 0 Å². The van der Waals surface area contributed by atoms with Crippen LogP contribution in [0.5, 0.6) is 0 Å². The Morgan fingerprint density at radius 3 is 2.50 bits per heavy atom. The van der Waals surface area contributed by atoms with Crippen LogP contribution in [0.4, 0.5) is 14.5 Å². The highest BCUT2D eigenvalue weighted by Crippen LogP contribution is 2.30. The molecule has 0 unspecified atom stereocenters. The van der Waals surface area contributed by atoms with Crippen molar-refractivity contribution in [3.05, 3.63) is 28.8 Å². The molecule has 1 N–H and O–H groups in total. The summed E-state index contributed by atoms with van der Waals surface area (Å²) in [4.78, 5) is 22.1. The van der Waals surface area contributed by atoms with Crippen LogP contribution in [0.15, 0.2) is 6.07 Å². The van der Waals surface area contributed by atoms with Gasteiger partial charge in [0.05, 0.1) is 11.3 Å². The molecule has 0 aliphatic carbocycles. The molecule has 0 aromatic heterocycles. The number of benzene rings is 1. The Balaban J connectivity index is 2.80. The number of carbonyl (C=O) groups is 2. The monoisotopic (exact) mass is 197 g/mol. The first-order chi connectivity index (χ1) is 6.52. The van der Waals surface area contributed by atoms with E-state index in [4.69, 9.17) is 0 Å². The summed E-state index contributed by atoms with van der Waals surface area (Å²) in [5, 5.41) is 2.05. The highest BCUT2D eigenvalue weighted by atomic mass is 19.1. The summed E-state index contributed by atoms with van der Waals surface area (Å²) < 4.78 is 26.1. The van der Waals surface area contributed by atoms with Crippen molar-refractivity contribution in [2.24, 2.45) is 0 Å². The van der Waals surface area contributed by atoms with Gasteiger partial charge in [-0.1, -0.05) is 0 Å². The molecule has 0 saturated carbocycles. The van der Waals surface area contributed by atoms with E-state index < -0.39 is 23.3 Å². The number of anilines is 1. The predicted octanol–water partition coefficient (Wildman–Crippen LogP) is 1.41. The van der Waals surface area contributed by atoms with E-state index in [1.54, 1.807) is 0 Å². The van der Waals surface area contributed by atoms with Crippen molar-refractivity contribution in [2.75, 3.05) is 5.32 Å². The number of carbonyl (C=O) groups excluding carboxylic acids is 2. The van der Waals surface area contributed by atoms with E-state index in [1.165, 1.54) is 6.92 Å². The second-order valence-corrected chi connectivity index (χ2v) is 3.00. The van der Waals surface area contributed by atoms with E-state index in [0.29, 0.717) is 6.07 Å². The minimum Gasteiger partial charge on any atom is -0.316 e. The summed E-state index contributed by atoms with van der Waals surface area (Å²) in [6, 6.07) is 0.646. The number of halogens is 2. The molecule has 0 fully saturated rings. The van der Waals surface area contributed by atoms with Gasteiger partial charge in [0.15, 0.2) is 0 Å². The smallest absolute Gasteiger partial charge is 0.296 e. The Labute approximate surface area is 77.7 Å². The Bertz CT molecular complexity index is 468. The van der Waals surface area contributed by atoms with Gasteiger partial charge in [-0.15, -0.1) is 0 Å². The third-order valence-corrected chi connectivity index (χ3v) is 2.15. The van der Waals surface area contributed by atoms with Gasteiger partial charge in [-0.2, -0.15) is 0 Å². The molecule has 1 aliphatic heterocycles. The fourth-order valence-electron chi connectivity index (χ4n) is 1.41. The number of amides is 1. The summed E-state index contributed by atoms with van der Waals surface area (Å²) in [6.45, 7) is 1.33. The lowest BCUT2D eigenvalue weighted by Gasteiger charge is -2.03. The van der Waals surface area contributed by atoms with Crippen LogP contribution in [-0.4, -0.2) is 11.7 Å². The zero-order chi connectivity index (χ0) is 10.5. The largest absolute Gasteiger partial charge is 0.316 e. The maximum atomic E-state index is 13.1. The summed E-state index contributed by atoms with van der Waals surface area (Å²) in [7, 11) is 0. The molecule has 72 valence electrons. The SMILES string of the molecule is Cc1c(F)cc(F)c2c1C(=O)C(=O)N2. The molecule has 3 nitrogen and oxygen atoms in total. The number of rotatable bonds is 0. The molecule has 0 bridgehead atoms. The lowest BCUT2D eigenvalue weighted by molar-refractivity contribution is -0.112. The minimum absolute atomic E-state index is 0.00949. The van der Waals surface area contributed by atoms with Crippen LogP contribution in [0.25, 0.3) is 0 Å². The second kappa shape index (κ2) is 2.60. The highest BCUT2D eigenvalue weighted by molar-refractivity contribution is 6.52. The number of Topliss-reactive ketones (excluding diaryl/α,β-unsaturated/α-hetero) is 1. The quantitative estimate of drug-likeness (QED) is 0.639. The van der Waals surface area contributed by atoms with Gasteiger partial charge in [-0.3, -0.25) is 9.59 Å². The number of hydrogen-bond donors (Lipinski definition) is 1. The average molecular weight is 197 g/mol. The average Bonchev–Trinajstić information content (AvgIpc) is 2.41. The molecule has 0 radical (unpaired) electrons. The van der Waals surface area contributed by atoms with E-state index >= 15 is 0 Å². The zero-order valence-electron chi connectivity index (χ0n) is 7.15. The van der Waals surface area contributed by atoms with Gasteiger partial charge < -0.3 is 5.32 Å². The van der Waals surface area contributed by atoms with E-state index in [0.717, 1.165) is 0 Å².